The zero-order valence-electron chi connectivity index (χ0n) is 20.4. The third-order valence-electron chi connectivity index (χ3n) is 6.07. The van der Waals surface area contributed by atoms with Crippen molar-refractivity contribution in [1.29, 1.82) is 0 Å². The van der Waals surface area contributed by atoms with Crippen LogP contribution in [0.1, 0.15) is 71.9 Å². The molecule has 1 N–H and O–H groups in total. The van der Waals surface area contributed by atoms with E-state index in [0.717, 1.165) is 23.1 Å². The van der Waals surface area contributed by atoms with Crippen LogP contribution in [0.4, 0.5) is 4.79 Å². The number of nitrogens with one attached hydrogen (secondary N) is 1. The Morgan fingerprint density at radius 1 is 1.22 bits per heavy atom. The number of hydrogen-bond acceptors (Lipinski definition) is 4. The summed E-state index contributed by atoms with van der Waals surface area (Å²) in [4.78, 5) is 39.1. The van der Waals surface area contributed by atoms with Gasteiger partial charge in [0.1, 0.15) is 0 Å². The fourth-order valence-electron chi connectivity index (χ4n) is 4.23. The first kappa shape index (κ1) is 25.6. The van der Waals surface area contributed by atoms with Gasteiger partial charge in [0, 0.05) is 12.5 Å². The minimum Gasteiger partial charge on any atom is -0.449 e. The van der Waals surface area contributed by atoms with Crippen molar-refractivity contribution in [1.82, 2.24) is 10.2 Å². The molecule has 2 rings (SSSR count). The number of amides is 3. The van der Waals surface area contributed by atoms with E-state index in [9.17, 15) is 14.4 Å². The van der Waals surface area contributed by atoms with Crippen molar-refractivity contribution in [2.75, 3.05) is 13.2 Å². The summed E-state index contributed by atoms with van der Waals surface area (Å²) in [6, 6.07) is 7.88. The Balaban J connectivity index is 1.86. The van der Waals surface area contributed by atoms with Gasteiger partial charge in [0.2, 0.25) is 11.8 Å². The number of likely N-dealkylation sites (tertiary alicyclic amines) is 1. The Labute approximate surface area is 192 Å². The number of imide groups is 1. The second-order valence-electron chi connectivity index (χ2n) is 9.68. The van der Waals surface area contributed by atoms with Crippen molar-refractivity contribution in [3.05, 3.63) is 42.0 Å². The fourth-order valence-corrected chi connectivity index (χ4v) is 4.23. The number of nitrogens with zero attached hydrogens (tertiary/aromatic N) is 1. The molecule has 0 saturated carbocycles. The van der Waals surface area contributed by atoms with E-state index >= 15 is 0 Å². The average molecular weight is 443 g/mol. The van der Waals surface area contributed by atoms with Gasteiger partial charge in [0.05, 0.1) is 18.1 Å². The number of rotatable bonds is 10. The van der Waals surface area contributed by atoms with Crippen LogP contribution < -0.4 is 5.32 Å². The summed E-state index contributed by atoms with van der Waals surface area (Å²) in [6.07, 6.45) is 1.28. The number of hydrogen-bond donors (Lipinski definition) is 1. The molecule has 2 atom stereocenters. The van der Waals surface area contributed by atoms with E-state index in [1.54, 1.807) is 0 Å². The van der Waals surface area contributed by atoms with Crippen LogP contribution in [0, 0.1) is 17.8 Å². The second kappa shape index (κ2) is 10.8. The highest BCUT2D eigenvalue weighted by molar-refractivity contribution is 6.05. The van der Waals surface area contributed by atoms with Crippen LogP contribution >= 0.6 is 0 Å². The number of allylic oxidation sites excluding steroid dienone is 1. The van der Waals surface area contributed by atoms with Gasteiger partial charge < -0.3 is 10.1 Å². The molecule has 6 nitrogen and oxygen atoms in total. The van der Waals surface area contributed by atoms with Crippen molar-refractivity contribution in [2.24, 2.45) is 17.8 Å². The molecule has 1 fully saturated rings. The van der Waals surface area contributed by atoms with E-state index in [1.165, 1.54) is 4.90 Å². The van der Waals surface area contributed by atoms with E-state index in [4.69, 9.17) is 4.74 Å². The predicted octanol–water partition coefficient (Wildman–Crippen LogP) is 5.13. The smallest absolute Gasteiger partial charge is 0.407 e. The molecule has 1 heterocycles. The van der Waals surface area contributed by atoms with Gasteiger partial charge in [-0.15, -0.1) is 0 Å². The molecule has 0 spiro atoms. The summed E-state index contributed by atoms with van der Waals surface area (Å²) in [5.41, 5.74) is 2.30. The topological polar surface area (TPSA) is 75.7 Å². The van der Waals surface area contributed by atoms with Gasteiger partial charge in [0.15, 0.2) is 0 Å². The molecule has 1 aliphatic heterocycles. The van der Waals surface area contributed by atoms with E-state index in [-0.39, 0.29) is 36.8 Å². The van der Waals surface area contributed by atoms with Crippen LogP contribution in [0.15, 0.2) is 30.8 Å². The average Bonchev–Trinajstić information content (AvgIpc) is 2.93. The highest BCUT2D eigenvalue weighted by Gasteiger charge is 2.45. The molecule has 0 aliphatic carbocycles. The molecule has 1 aromatic rings. The van der Waals surface area contributed by atoms with Crippen LogP contribution in [0.5, 0.6) is 0 Å². The predicted molar refractivity (Wildman–Crippen MR) is 127 cm³/mol. The van der Waals surface area contributed by atoms with Crippen LogP contribution in [0.2, 0.25) is 0 Å². The molecule has 3 amide bonds. The van der Waals surface area contributed by atoms with Crippen molar-refractivity contribution in [3.63, 3.8) is 0 Å². The Hall–Kier alpha value is -2.63. The van der Waals surface area contributed by atoms with Crippen LogP contribution in [-0.4, -0.2) is 36.0 Å². The molecule has 0 aromatic heterocycles. The summed E-state index contributed by atoms with van der Waals surface area (Å²) in [6.45, 7) is 16.2. The first-order valence-corrected chi connectivity index (χ1v) is 11.5. The van der Waals surface area contributed by atoms with Crippen LogP contribution in [0.25, 0.3) is 5.57 Å². The standard InChI is InChI=1S/C26H38N2O4/c1-8-21-22(15-17(2)3)24(30)28(23(21)29)13-10-14-32-25(31)27-26(6,7)20-12-9-11-19(16-20)18(4)5/h9,11-12,16-17,21-22H,4,8,10,13-15H2,1-3,5-7H3,(H,27,31). The lowest BCUT2D eigenvalue weighted by Crippen LogP contribution is -2.41. The monoisotopic (exact) mass is 442 g/mol. The van der Waals surface area contributed by atoms with Gasteiger partial charge in [0.25, 0.3) is 0 Å². The van der Waals surface area contributed by atoms with Crippen LogP contribution in [0.3, 0.4) is 0 Å². The molecule has 32 heavy (non-hydrogen) atoms. The van der Waals surface area contributed by atoms with Gasteiger partial charge in [-0.25, -0.2) is 4.79 Å². The number of ether oxygens (including phenoxy) is 1. The third kappa shape index (κ3) is 6.21. The Morgan fingerprint density at radius 3 is 2.47 bits per heavy atom. The zero-order valence-corrected chi connectivity index (χ0v) is 20.4. The highest BCUT2D eigenvalue weighted by atomic mass is 16.5. The van der Waals surface area contributed by atoms with E-state index in [1.807, 2.05) is 52.0 Å². The minimum absolute atomic E-state index is 0.0847. The Bertz CT molecular complexity index is 859. The van der Waals surface area contributed by atoms with Crippen molar-refractivity contribution < 1.29 is 19.1 Å². The Morgan fingerprint density at radius 2 is 1.88 bits per heavy atom. The molecular formula is C26H38N2O4. The maximum absolute atomic E-state index is 12.7. The molecular weight excluding hydrogens is 404 g/mol. The molecule has 1 aliphatic rings. The summed E-state index contributed by atoms with van der Waals surface area (Å²) in [5.74, 6) is -0.278. The van der Waals surface area contributed by atoms with E-state index < -0.39 is 11.6 Å². The normalized spacial score (nSPS) is 18.9. The third-order valence-corrected chi connectivity index (χ3v) is 6.07. The summed E-state index contributed by atoms with van der Waals surface area (Å²) in [5, 5.41) is 2.89. The molecule has 176 valence electrons. The minimum atomic E-state index is -0.623. The van der Waals surface area contributed by atoms with Gasteiger partial charge in [-0.2, -0.15) is 0 Å². The van der Waals surface area contributed by atoms with Crippen LogP contribution in [-0.2, 0) is 19.9 Å². The lowest BCUT2D eigenvalue weighted by Gasteiger charge is -2.27. The number of benzene rings is 1. The summed E-state index contributed by atoms with van der Waals surface area (Å²) in [7, 11) is 0. The van der Waals surface area contributed by atoms with Gasteiger partial charge in [-0.3, -0.25) is 14.5 Å². The largest absolute Gasteiger partial charge is 0.449 e. The summed E-state index contributed by atoms with van der Waals surface area (Å²) < 4.78 is 5.34. The molecule has 2 unspecified atom stereocenters. The first-order chi connectivity index (χ1) is 15.0. The van der Waals surface area contributed by atoms with E-state index in [2.05, 4.69) is 25.7 Å². The van der Waals surface area contributed by atoms with Crippen molar-refractivity contribution in [2.45, 2.75) is 66.3 Å². The quantitative estimate of drug-likeness (QED) is 0.403. The molecule has 0 bridgehead atoms. The number of carbonyl (C=O) groups excluding carboxylic acids is 3. The van der Waals surface area contributed by atoms with Crippen molar-refractivity contribution >= 4 is 23.5 Å². The maximum atomic E-state index is 12.7. The van der Waals surface area contributed by atoms with Gasteiger partial charge >= 0.3 is 6.09 Å². The molecule has 1 aromatic carbocycles. The molecule has 1 saturated heterocycles. The lowest BCUT2D eigenvalue weighted by molar-refractivity contribution is -0.140. The first-order valence-electron chi connectivity index (χ1n) is 11.5. The Kier molecular flexibility index (Phi) is 8.65. The van der Waals surface area contributed by atoms with Gasteiger partial charge in [-0.1, -0.05) is 51.1 Å². The SMILES string of the molecule is C=C(C)c1cccc(C(C)(C)NC(=O)OCCCN2C(=O)C(CC)C(CC(C)C)C2=O)c1. The molecule has 6 heteroatoms. The lowest BCUT2D eigenvalue weighted by atomic mass is 9.86. The number of carbonyl (C=O) groups is 3. The molecule has 0 radical (unpaired) electrons. The number of alkyl carbamates (subject to hydrolysis) is 1. The maximum Gasteiger partial charge on any atom is 0.407 e. The highest BCUT2D eigenvalue weighted by Crippen LogP contribution is 2.33. The zero-order chi connectivity index (χ0) is 24.1. The van der Waals surface area contributed by atoms with E-state index in [0.29, 0.717) is 18.8 Å². The second-order valence-corrected chi connectivity index (χ2v) is 9.68. The fraction of sp³-hybridized carbons (Fsp3) is 0.577. The van der Waals surface area contributed by atoms with Gasteiger partial charge in [-0.05, 0) is 63.1 Å². The van der Waals surface area contributed by atoms with Crippen molar-refractivity contribution in [3.8, 4) is 0 Å². The summed E-state index contributed by atoms with van der Waals surface area (Å²) >= 11 is 0.